The van der Waals surface area contributed by atoms with Gasteiger partial charge in [-0.15, -0.1) is 0 Å². The molecule has 0 saturated heterocycles. The first-order chi connectivity index (χ1) is 9.26. The molecule has 0 aliphatic carbocycles. The maximum absolute atomic E-state index is 12.5. The maximum atomic E-state index is 12.5. The number of alkyl halides is 3. The molecule has 0 aliphatic rings. The van der Waals surface area contributed by atoms with Crippen LogP contribution < -0.4 is 0 Å². The van der Waals surface area contributed by atoms with Crippen LogP contribution in [0.3, 0.4) is 0 Å². The predicted octanol–water partition coefficient (Wildman–Crippen LogP) is 0.966. The number of carboxylic acids is 1. The van der Waals surface area contributed by atoms with Crippen LogP contribution in [0.1, 0.15) is 20.3 Å². The van der Waals surface area contributed by atoms with Crippen molar-refractivity contribution in [3.8, 4) is 0 Å². The summed E-state index contributed by atoms with van der Waals surface area (Å²) >= 11 is 0. The largest absolute Gasteiger partial charge is 0.481 e. The van der Waals surface area contributed by atoms with Gasteiger partial charge in [0.15, 0.2) is 0 Å². The Kier molecular flexibility index (Phi) is 6.19. The summed E-state index contributed by atoms with van der Waals surface area (Å²) in [6, 6.07) is 0. The fourth-order valence-corrected chi connectivity index (χ4v) is 1.32. The van der Waals surface area contributed by atoms with Gasteiger partial charge in [0.25, 0.3) is 0 Å². The van der Waals surface area contributed by atoms with Crippen LogP contribution in [0.25, 0.3) is 0 Å². The lowest BCUT2D eigenvalue weighted by atomic mass is 9.89. The van der Waals surface area contributed by atoms with Crippen molar-refractivity contribution in [1.82, 2.24) is 9.80 Å². The van der Waals surface area contributed by atoms with Crippen LogP contribution in [0.15, 0.2) is 0 Å². The van der Waals surface area contributed by atoms with Crippen LogP contribution in [0, 0.1) is 5.41 Å². The number of halogens is 3. The van der Waals surface area contributed by atoms with E-state index in [9.17, 15) is 27.6 Å². The van der Waals surface area contributed by atoms with E-state index in [2.05, 4.69) is 0 Å². The molecule has 0 unspecified atom stereocenters. The molecular weight excluding hydrogens is 293 g/mol. The minimum atomic E-state index is -4.67. The van der Waals surface area contributed by atoms with Gasteiger partial charge in [0.1, 0.15) is 13.1 Å². The third-order valence-corrected chi connectivity index (χ3v) is 2.72. The first kappa shape index (κ1) is 19.2. The summed E-state index contributed by atoms with van der Waals surface area (Å²) in [7, 11) is 2.69. The number of amides is 2. The average Bonchev–Trinajstić information content (AvgIpc) is 2.24. The topological polar surface area (TPSA) is 77.9 Å². The number of carbonyl (C=O) groups excluding carboxylic acids is 2. The number of carboxylic acid groups (broad SMARTS) is 1. The van der Waals surface area contributed by atoms with Crippen LogP contribution in [0.2, 0.25) is 0 Å². The Morgan fingerprint density at radius 2 is 1.52 bits per heavy atom. The molecule has 0 aromatic carbocycles. The van der Waals surface area contributed by atoms with E-state index < -0.39 is 48.9 Å². The SMILES string of the molecule is CN(C)C(=O)CN(CC(F)(F)F)C(=O)CC(C)(C)C(=O)O. The fourth-order valence-electron chi connectivity index (χ4n) is 1.32. The molecule has 6 nitrogen and oxygen atoms in total. The Labute approximate surface area is 120 Å². The van der Waals surface area contributed by atoms with Crippen LogP contribution >= 0.6 is 0 Å². The minimum Gasteiger partial charge on any atom is -0.481 e. The third-order valence-electron chi connectivity index (χ3n) is 2.72. The number of hydrogen-bond acceptors (Lipinski definition) is 3. The summed E-state index contributed by atoms with van der Waals surface area (Å²) in [5.74, 6) is -3.02. The molecule has 0 rings (SSSR count). The van der Waals surface area contributed by atoms with Gasteiger partial charge in [-0.2, -0.15) is 13.2 Å². The molecule has 0 atom stereocenters. The highest BCUT2D eigenvalue weighted by molar-refractivity contribution is 5.88. The molecule has 0 heterocycles. The third kappa shape index (κ3) is 6.96. The zero-order valence-electron chi connectivity index (χ0n) is 12.3. The normalized spacial score (nSPS) is 12.0. The van der Waals surface area contributed by atoms with Crippen molar-refractivity contribution in [1.29, 1.82) is 0 Å². The summed E-state index contributed by atoms with van der Waals surface area (Å²) in [5.41, 5.74) is -1.51. The number of nitrogens with zero attached hydrogens (tertiary/aromatic N) is 2. The smallest absolute Gasteiger partial charge is 0.406 e. The maximum Gasteiger partial charge on any atom is 0.406 e. The standard InChI is InChI=1S/C12H19F3N2O4/c1-11(2,10(20)21)5-8(18)17(7-12(13,14)15)6-9(19)16(3)4/h5-7H2,1-4H3,(H,20,21). The Morgan fingerprint density at radius 1 is 1.05 bits per heavy atom. The summed E-state index contributed by atoms with van der Waals surface area (Å²) < 4.78 is 37.4. The number of aliphatic carboxylic acids is 1. The highest BCUT2D eigenvalue weighted by Crippen LogP contribution is 2.24. The molecule has 0 fully saturated rings. The van der Waals surface area contributed by atoms with E-state index in [0.717, 1.165) is 4.90 Å². The summed E-state index contributed by atoms with van der Waals surface area (Å²) in [6.45, 7) is 0.113. The lowest BCUT2D eigenvalue weighted by Crippen LogP contribution is -2.46. The number of carbonyl (C=O) groups is 3. The molecule has 0 spiro atoms. The van der Waals surface area contributed by atoms with Crippen molar-refractivity contribution in [3.05, 3.63) is 0 Å². The van der Waals surface area contributed by atoms with E-state index in [1.165, 1.54) is 27.9 Å². The fraction of sp³-hybridized carbons (Fsp3) is 0.750. The van der Waals surface area contributed by atoms with Gasteiger partial charge < -0.3 is 14.9 Å². The molecule has 0 aromatic heterocycles. The quantitative estimate of drug-likeness (QED) is 0.792. The molecule has 0 saturated carbocycles. The lowest BCUT2D eigenvalue weighted by Gasteiger charge is -2.27. The van der Waals surface area contributed by atoms with Crippen molar-refractivity contribution in [2.75, 3.05) is 27.2 Å². The highest BCUT2D eigenvalue weighted by atomic mass is 19.4. The Hall–Kier alpha value is -1.80. The van der Waals surface area contributed by atoms with E-state index in [-0.39, 0.29) is 0 Å². The van der Waals surface area contributed by atoms with Gasteiger partial charge in [0.2, 0.25) is 11.8 Å². The van der Waals surface area contributed by atoms with Gasteiger partial charge in [-0.25, -0.2) is 0 Å². The van der Waals surface area contributed by atoms with E-state index in [4.69, 9.17) is 5.11 Å². The van der Waals surface area contributed by atoms with Crippen LogP contribution in [0.4, 0.5) is 13.2 Å². The van der Waals surface area contributed by atoms with E-state index in [0.29, 0.717) is 4.90 Å². The van der Waals surface area contributed by atoms with Crippen LogP contribution in [-0.2, 0) is 14.4 Å². The molecule has 0 bridgehead atoms. The average molecular weight is 312 g/mol. The Bertz CT molecular complexity index is 419. The second-order valence-electron chi connectivity index (χ2n) is 5.52. The predicted molar refractivity (Wildman–Crippen MR) is 67.4 cm³/mol. The van der Waals surface area contributed by atoms with E-state index >= 15 is 0 Å². The van der Waals surface area contributed by atoms with Gasteiger partial charge in [-0.05, 0) is 13.8 Å². The van der Waals surface area contributed by atoms with E-state index in [1.807, 2.05) is 0 Å². The number of rotatable bonds is 6. The lowest BCUT2D eigenvalue weighted by molar-refractivity contribution is -0.166. The van der Waals surface area contributed by atoms with Crippen molar-refractivity contribution in [3.63, 3.8) is 0 Å². The molecule has 0 aromatic rings. The number of hydrogen-bond donors (Lipinski definition) is 1. The highest BCUT2D eigenvalue weighted by Gasteiger charge is 2.37. The molecule has 21 heavy (non-hydrogen) atoms. The van der Waals surface area contributed by atoms with Gasteiger partial charge in [-0.3, -0.25) is 14.4 Å². The minimum absolute atomic E-state index is 0.326. The number of likely N-dealkylation sites (N-methyl/N-ethyl adjacent to an activating group) is 1. The van der Waals surface area contributed by atoms with Gasteiger partial charge in [-0.1, -0.05) is 0 Å². The zero-order valence-corrected chi connectivity index (χ0v) is 12.3. The van der Waals surface area contributed by atoms with Gasteiger partial charge >= 0.3 is 12.1 Å². The Morgan fingerprint density at radius 3 is 1.86 bits per heavy atom. The summed E-state index contributed by atoms with van der Waals surface area (Å²) in [4.78, 5) is 35.7. The van der Waals surface area contributed by atoms with Crippen LogP contribution in [-0.4, -0.2) is 66.1 Å². The van der Waals surface area contributed by atoms with E-state index in [1.54, 1.807) is 0 Å². The molecule has 0 aliphatic heterocycles. The molecule has 122 valence electrons. The van der Waals surface area contributed by atoms with Crippen molar-refractivity contribution >= 4 is 17.8 Å². The van der Waals surface area contributed by atoms with Gasteiger partial charge in [0, 0.05) is 20.5 Å². The molecule has 0 radical (unpaired) electrons. The first-order valence-corrected chi connectivity index (χ1v) is 6.04. The van der Waals surface area contributed by atoms with Gasteiger partial charge in [0.05, 0.1) is 5.41 Å². The van der Waals surface area contributed by atoms with Crippen LogP contribution in [0.5, 0.6) is 0 Å². The monoisotopic (exact) mass is 312 g/mol. The molecule has 1 N–H and O–H groups in total. The second kappa shape index (κ2) is 6.77. The van der Waals surface area contributed by atoms with Crippen molar-refractivity contribution in [2.24, 2.45) is 5.41 Å². The summed E-state index contributed by atoms with van der Waals surface area (Å²) in [6.07, 6.45) is -5.30. The Balaban J connectivity index is 5.08. The van der Waals surface area contributed by atoms with Crippen molar-refractivity contribution < 1.29 is 32.7 Å². The zero-order chi connectivity index (χ0) is 17.0. The molecule has 2 amide bonds. The molecule has 9 heteroatoms. The second-order valence-corrected chi connectivity index (χ2v) is 5.52. The molecular formula is C12H19F3N2O4. The first-order valence-electron chi connectivity index (χ1n) is 6.04. The van der Waals surface area contributed by atoms with Crippen molar-refractivity contribution in [2.45, 2.75) is 26.4 Å². The summed E-state index contributed by atoms with van der Waals surface area (Å²) in [5, 5.41) is 8.91.